The van der Waals surface area contributed by atoms with Crippen molar-refractivity contribution in [2.24, 2.45) is 11.5 Å². The number of aryl methyl sites for hydroxylation is 2. The maximum absolute atomic E-state index is 14.4. The number of likely N-dealkylation sites (N-methyl/N-ethyl adjacent to an activating group) is 1. The molecule has 4 atom stereocenters. The van der Waals surface area contributed by atoms with E-state index in [1.165, 1.54) is 14.0 Å². The van der Waals surface area contributed by atoms with Crippen LogP contribution >= 0.6 is 0 Å². The summed E-state index contributed by atoms with van der Waals surface area (Å²) in [6.45, 7) is 7.14. The lowest BCUT2D eigenvalue weighted by Gasteiger charge is -2.30. The molecule has 0 saturated heterocycles. The highest BCUT2D eigenvalue weighted by Crippen LogP contribution is 2.40. The molecule has 0 spiro atoms. The van der Waals surface area contributed by atoms with Crippen molar-refractivity contribution >= 4 is 35.4 Å². The van der Waals surface area contributed by atoms with Crippen molar-refractivity contribution in [3.63, 3.8) is 0 Å². The highest BCUT2D eigenvalue weighted by atomic mass is 16.5. The number of nitriles is 1. The number of amides is 6. The largest absolute Gasteiger partial charge is 0.492 e. The Balaban J connectivity index is 1.70. The van der Waals surface area contributed by atoms with Gasteiger partial charge in [0, 0.05) is 43.2 Å². The zero-order valence-electron chi connectivity index (χ0n) is 36.8. The lowest BCUT2D eigenvalue weighted by Crippen LogP contribution is -2.55. The van der Waals surface area contributed by atoms with Crippen LogP contribution in [0.3, 0.4) is 0 Å². The molecule has 63 heavy (non-hydrogen) atoms. The summed E-state index contributed by atoms with van der Waals surface area (Å²) >= 11 is 0. The van der Waals surface area contributed by atoms with Crippen LogP contribution in [-0.4, -0.2) is 105 Å². The Hall–Kier alpha value is -6.51. The third-order valence-electron chi connectivity index (χ3n) is 10.6. The maximum atomic E-state index is 14.4. The molecule has 3 aromatic rings. The molecule has 4 rings (SSSR count). The molecule has 6 amide bonds. The summed E-state index contributed by atoms with van der Waals surface area (Å²) in [5.41, 5.74) is 15.9. The number of nitrogens with two attached hydrogens (primary N) is 2. The van der Waals surface area contributed by atoms with E-state index in [2.05, 4.69) is 33.5 Å². The van der Waals surface area contributed by atoms with E-state index in [1.54, 1.807) is 42.5 Å². The third kappa shape index (κ3) is 13.5. The molecule has 17 heteroatoms. The summed E-state index contributed by atoms with van der Waals surface area (Å²) in [6.07, 6.45) is 3.86. The number of hydrogen-bond donors (Lipinski definition) is 7. The smallest absolute Gasteiger partial charge is 0.252 e. The van der Waals surface area contributed by atoms with Crippen LogP contribution in [0.15, 0.2) is 54.6 Å². The SMILES string of the molecule is CCCCc1ccc(C(=O)N[C@@H](CCC)C(=O)NCC(=O)N(C)[C@@H]2C(=O)N[C@@H](C)C(=O)N[C@H](C(=O)NCC#N)Cc3ccc(OCCN)c(c3)-c3cc2ccc3OCCN)c(C)c1. The van der Waals surface area contributed by atoms with Gasteiger partial charge in [0.25, 0.3) is 5.91 Å². The van der Waals surface area contributed by atoms with E-state index in [4.69, 9.17) is 26.2 Å². The monoisotopic (exact) mass is 867 g/mol. The van der Waals surface area contributed by atoms with Gasteiger partial charge in [-0.2, -0.15) is 5.26 Å². The highest BCUT2D eigenvalue weighted by Gasteiger charge is 2.34. The molecule has 0 saturated carbocycles. The van der Waals surface area contributed by atoms with Crippen molar-refractivity contribution in [3.05, 3.63) is 82.4 Å². The Kier molecular flexibility index (Phi) is 18.9. The molecule has 1 aliphatic rings. The fourth-order valence-electron chi connectivity index (χ4n) is 7.20. The van der Waals surface area contributed by atoms with Crippen LogP contribution in [0.1, 0.15) is 85.1 Å². The predicted octanol–water partition coefficient (Wildman–Crippen LogP) is 2.08. The molecule has 0 aromatic heterocycles. The number of nitrogens with zero attached hydrogens (tertiary/aromatic N) is 2. The van der Waals surface area contributed by atoms with Gasteiger partial charge >= 0.3 is 0 Å². The Morgan fingerprint density at radius 1 is 0.905 bits per heavy atom. The molecule has 1 aliphatic heterocycles. The summed E-state index contributed by atoms with van der Waals surface area (Å²) < 4.78 is 12.1. The number of nitrogens with one attached hydrogen (secondary N) is 5. The number of hydrogen-bond acceptors (Lipinski definition) is 11. The average Bonchev–Trinajstić information content (AvgIpc) is 3.27. The minimum Gasteiger partial charge on any atom is -0.492 e. The molecule has 0 fully saturated rings. The zero-order valence-corrected chi connectivity index (χ0v) is 36.8. The quantitative estimate of drug-likeness (QED) is 0.0859. The van der Waals surface area contributed by atoms with E-state index < -0.39 is 66.2 Å². The van der Waals surface area contributed by atoms with E-state index in [0.717, 1.165) is 35.3 Å². The van der Waals surface area contributed by atoms with Crippen molar-refractivity contribution in [2.75, 3.05) is 46.4 Å². The fraction of sp³-hybridized carbons (Fsp3) is 0.457. The van der Waals surface area contributed by atoms with Crippen molar-refractivity contribution in [1.29, 1.82) is 5.26 Å². The van der Waals surface area contributed by atoms with Gasteiger partial charge in [0.15, 0.2) is 0 Å². The first-order valence-electron chi connectivity index (χ1n) is 21.4. The summed E-state index contributed by atoms with van der Waals surface area (Å²) in [5, 5.41) is 22.5. The average molecular weight is 868 g/mol. The van der Waals surface area contributed by atoms with Crippen LogP contribution in [-0.2, 0) is 36.8 Å². The highest BCUT2D eigenvalue weighted by molar-refractivity contribution is 6.00. The maximum Gasteiger partial charge on any atom is 0.252 e. The number of fused-ring (bicyclic) bond motifs is 5. The van der Waals surface area contributed by atoms with Crippen LogP contribution in [0, 0.1) is 18.3 Å². The lowest BCUT2D eigenvalue weighted by molar-refractivity contribution is -0.140. The van der Waals surface area contributed by atoms with Crippen molar-refractivity contribution < 1.29 is 38.2 Å². The van der Waals surface area contributed by atoms with Crippen LogP contribution in [0.4, 0.5) is 0 Å². The Morgan fingerprint density at radius 3 is 2.22 bits per heavy atom. The van der Waals surface area contributed by atoms with Crippen molar-refractivity contribution in [2.45, 2.75) is 90.4 Å². The predicted molar refractivity (Wildman–Crippen MR) is 237 cm³/mol. The molecule has 3 aromatic carbocycles. The molecule has 0 aliphatic carbocycles. The summed E-state index contributed by atoms with van der Waals surface area (Å²) in [5.74, 6) is -2.93. The number of rotatable bonds is 19. The number of ether oxygens (including phenoxy) is 2. The Labute approximate surface area is 369 Å². The van der Waals surface area contributed by atoms with Gasteiger partial charge in [0.05, 0.1) is 12.6 Å². The molecular weight excluding hydrogens is 807 g/mol. The molecule has 0 unspecified atom stereocenters. The number of carbonyl (C=O) groups excluding carboxylic acids is 6. The molecule has 0 radical (unpaired) electrons. The van der Waals surface area contributed by atoms with E-state index in [-0.39, 0.29) is 39.3 Å². The molecule has 17 nitrogen and oxygen atoms in total. The van der Waals surface area contributed by atoms with E-state index in [0.29, 0.717) is 52.2 Å². The number of carbonyl (C=O) groups is 6. The topological polar surface area (TPSA) is 260 Å². The van der Waals surface area contributed by atoms with Gasteiger partial charge in [-0.15, -0.1) is 0 Å². The van der Waals surface area contributed by atoms with Crippen LogP contribution in [0.2, 0.25) is 0 Å². The first-order valence-corrected chi connectivity index (χ1v) is 21.4. The minimum atomic E-state index is -1.37. The van der Waals surface area contributed by atoms with E-state index in [9.17, 15) is 28.8 Å². The first-order chi connectivity index (χ1) is 30.3. The second-order valence-corrected chi connectivity index (χ2v) is 15.4. The molecule has 9 N–H and O–H groups in total. The van der Waals surface area contributed by atoms with Gasteiger partial charge in [0.1, 0.15) is 55.4 Å². The van der Waals surface area contributed by atoms with E-state index in [1.807, 2.05) is 32.0 Å². The van der Waals surface area contributed by atoms with Gasteiger partial charge in [0.2, 0.25) is 29.5 Å². The first kappa shape index (κ1) is 49.1. The Bertz CT molecular complexity index is 2160. The zero-order chi connectivity index (χ0) is 46.1. The van der Waals surface area contributed by atoms with Crippen LogP contribution < -0.4 is 47.5 Å². The van der Waals surface area contributed by atoms with Gasteiger partial charge in [-0.25, -0.2) is 0 Å². The molecule has 338 valence electrons. The van der Waals surface area contributed by atoms with Crippen LogP contribution in [0.5, 0.6) is 11.5 Å². The molecule has 1 heterocycles. The van der Waals surface area contributed by atoms with Gasteiger partial charge in [-0.1, -0.05) is 51.0 Å². The molecule has 4 bridgehead atoms. The van der Waals surface area contributed by atoms with Gasteiger partial charge in [-0.05, 0) is 85.7 Å². The minimum absolute atomic E-state index is 0.00670. The lowest BCUT2D eigenvalue weighted by atomic mass is 9.93. The second-order valence-electron chi connectivity index (χ2n) is 15.4. The van der Waals surface area contributed by atoms with Gasteiger partial charge < -0.3 is 52.4 Å². The normalized spacial score (nSPS) is 16.5. The van der Waals surface area contributed by atoms with Crippen molar-refractivity contribution in [3.8, 4) is 28.7 Å². The second kappa shape index (κ2) is 24.2. The summed E-state index contributed by atoms with van der Waals surface area (Å²) in [7, 11) is 1.40. The number of unbranched alkanes of at least 4 members (excludes halogenated alkanes) is 1. The summed E-state index contributed by atoms with van der Waals surface area (Å²) in [6, 6.07) is 13.0. The van der Waals surface area contributed by atoms with Gasteiger partial charge in [-0.3, -0.25) is 28.8 Å². The third-order valence-corrected chi connectivity index (χ3v) is 10.6. The molecular formula is C46H61N9O8. The summed E-state index contributed by atoms with van der Waals surface area (Å²) in [4.78, 5) is 83.4. The Morgan fingerprint density at radius 2 is 1.59 bits per heavy atom. The number of benzene rings is 3. The van der Waals surface area contributed by atoms with E-state index >= 15 is 0 Å². The van der Waals surface area contributed by atoms with Crippen LogP contribution in [0.25, 0.3) is 11.1 Å². The van der Waals surface area contributed by atoms with Crippen molar-refractivity contribution in [1.82, 2.24) is 31.5 Å². The standard InChI is InChI=1S/C46H61N9O8/c1-6-8-10-30-11-14-33(28(3)23-30)43(58)53-36(9-7-2)44(59)51-27-40(56)55(5)41-32-13-16-39(63-22-19-49)35(26-32)34-24-31(12-15-38(34)62-21-18-48)25-37(45(60)50-20-17-47)54-42(57)29(4)52-46(41)61/h11-16,23-24,26,29,36-37,41H,6-10,18-22,25,27,48-49H2,1-5H3,(H,50,60)(H,51,59)(H,52,61)(H,53,58)(H,54,57)/t29-,36-,37-,41-/m0/s1. The fourth-order valence-corrected chi connectivity index (χ4v) is 7.20.